The fourth-order valence-corrected chi connectivity index (χ4v) is 2.83. The van der Waals surface area contributed by atoms with Crippen molar-refractivity contribution in [1.29, 1.82) is 0 Å². The van der Waals surface area contributed by atoms with Gasteiger partial charge in [0.2, 0.25) is 0 Å². The minimum atomic E-state index is -2.99. The molecule has 0 aliphatic heterocycles. The van der Waals surface area contributed by atoms with E-state index in [1.807, 2.05) is 12.3 Å². The van der Waals surface area contributed by atoms with E-state index in [0.717, 1.165) is 22.0 Å². The first-order chi connectivity index (χ1) is 10.9. The number of nitrogens with one attached hydrogen (secondary N) is 2. The predicted molar refractivity (Wildman–Crippen MR) is 89.7 cm³/mol. The zero-order valence-electron chi connectivity index (χ0n) is 12.5. The number of pyridine rings is 1. The van der Waals surface area contributed by atoms with Gasteiger partial charge >= 0.3 is 0 Å². The molecule has 3 aromatic rings. The van der Waals surface area contributed by atoms with Crippen molar-refractivity contribution in [1.82, 2.24) is 9.97 Å². The molecule has 0 saturated carbocycles. The molecular formula is C16H16FN3O2S. The molecule has 0 atom stereocenters. The van der Waals surface area contributed by atoms with Crippen LogP contribution >= 0.6 is 0 Å². The van der Waals surface area contributed by atoms with E-state index in [4.69, 9.17) is 0 Å². The van der Waals surface area contributed by atoms with Crippen molar-refractivity contribution in [2.75, 3.05) is 23.9 Å². The van der Waals surface area contributed by atoms with Gasteiger partial charge in [0, 0.05) is 47.2 Å². The molecule has 0 fully saturated rings. The van der Waals surface area contributed by atoms with E-state index in [2.05, 4.69) is 15.3 Å². The SMILES string of the molecule is CS(=O)(=O)CCNc1ccc(-c2c[nH]c3cc(F)ccc23)cn1. The maximum absolute atomic E-state index is 13.2. The molecular weight excluding hydrogens is 317 g/mol. The zero-order valence-corrected chi connectivity index (χ0v) is 13.3. The molecule has 0 aliphatic carbocycles. The third-order valence-electron chi connectivity index (χ3n) is 3.50. The maximum atomic E-state index is 13.2. The number of sulfone groups is 1. The van der Waals surface area contributed by atoms with E-state index in [1.54, 1.807) is 18.3 Å². The smallest absolute Gasteiger partial charge is 0.149 e. The summed E-state index contributed by atoms with van der Waals surface area (Å²) < 4.78 is 35.4. The van der Waals surface area contributed by atoms with Gasteiger partial charge in [-0.3, -0.25) is 0 Å². The summed E-state index contributed by atoms with van der Waals surface area (Å²) >= 11 is 0. The van der Waals surface area contributed by atoms with Gasteiger partial charge < -0.3 is 10.3 Å². The second kappa shape index (κ2) is 6.00. The van der Waals surface area contributed by atoms with Crippen LogP contribution in [-0.4, -0.2) is 36.9 Å². The number of aromatic nitrogens is 2. The van der Waals surface area contributed by atoms with Crippen LogP contribution in [0.3, 0.4) is 0 Å². The van der Waals surface area contributed by atoms with Gasteiger partial charge in [-0.15, -0.1) is 0 Å². The number of aromatic amines is 1. The van der Waals surface area contributed by atoms with Crippen LogP contribution in [0.25, 0.3) is 22.0 Å². The number of nitrogens with zero attached hydrogens (tertiary/aromatic N) is 1. The van der Waals surface area contributed by atoms with Gasteiger partial charge in [-0.25, -0.2) is 17.8 Å². The minimum absolute atomic E-state index is 0.0600. The predicted octanol–water partition coefficient (Wildman–Crippen LogP) is 2.83. The zero-order chi connectivity index (χ0) is 16.4. The van der Waals surface area contributed by atoms with Crippen LogP contribution in [0.4, 0.5) is 10.2 Å². The van der Waals surface area contributed by atoms with Crippen LogP contribution in [0.1, 0.15) is 0 Å². The molecule has 2 N–H and O–H groups in total. The lowest BCUT2D eigenvalue weighted by Crippen LogP contribution is -2.14. The van der Waals surface area contributed by atoms with E-state index in [0.29, 0.717) is 12.4 Å². The quantitative estimate of drug-likeness (QED) is 0.753. The van der Waals surface area contributed by atoms with E-state index >= 15 is 0 Å². The summed E-state index contributed by atoms with van der Waals surface area (Å²) in [6.45, 7) is 0.317. The number of H-pyrrole nitrogens is 1. The Hall–Kier alpha value is -2.41. The summed E-state index contributed by atoms with van der Waals surface area (Å²) in [4.78, 5) is 7.33. The Morgan fingerprint density at radius 3 is 2.78 bits per heavy atom. The van der Waals surface area contributed by atoms with Crippen molar-refractivity contribution in [3.05, 3.63) is 48.5 Å². The summed E-state index contributed by atoms with van der Waals surface area (Å²) in [5.41, 5.74) is 2.57. The molecule has 3 rings (SSSR count). The van der Waals surface area contributed by atoms with Gasteiger partial charge in [-0.05, 0) is 30.3 Å². The van der Waals surface area contributed by atoms with Crippen molar-refractivity contribution in [3.8, 4) is 11.1 Å². The molecule has 0 aliphatic rings. The molecule has 0 unspecified atom stereocenters. The number of benzene rings is 1. The molecule has 1 aromatic carbocycles. The normalized spacial score (nSPS) is 11.7. The highest BCUT2D eigenvalue weighted by Gasteiger charge is 2.08. The Bertz CT molecular complexity index is 934. The first-order valence-electron chi connectivity index (χ1n) is 7.07. The average molecular weight is 333 g/mol. The van der Waals surface area contributed by atoms with Crippen molar-refractivity contribution < 1.29 is 12.8 Å². The molecule has 0 bridgehead atoms. The summed E-state index contributed by atoms with van der Waals surface area (Å²) in [6.07, 6.45) is 4.72. The van der Waals surface area contributed by atoms with Crippen molar-refractivity contribution in [3.63, 3.8) is 0 Å². The third-order valence-corrected chi connectivity index (χ3v) is 4.44. The molecule has 23 heavy (non-hydrogen) atoms. The van der Waals surface area contributed by atoms with E-state index in [-0.39, 0.29) is 11.6 Å². The number of halogens is 1. The largest absolute Gasteiger partial charge is 0.369 e. The van der Waals surface area contributed by atoms with E-state index < -0.39 is 9.84 Å². The first kappa shape index (κ1) is 15.5. The Balaban J connectivity index is 1.78. The standard InChI is InChI=1S/C16H16FN3O2S/c1-23(21,22)7-6-18-16-5-2-11(9-20-16)14-10-19-15-8-12(17)3-4-13(14)15/h2-5,8-10,19H,6-7H2,1H3,(H,18,20). The van der Waals surface area contributed by atoms with E-state index in [9.17, 15) is 12.8 Å². The van der Waals surface area contributed by atoms with Crippen LogP contribution in [0, 0.1) is 5.82 Å². The van der Waals surface area contributed by atoms with Crippen LogP contribution < -0.4 is 5.32 Å². The van der Waals surface area contributed by atoms with Gasteiger partial charge in [0.1, 0.15) is 21.5 Å². The molecule has 7 heteroatoms. The first-order valence-corrected chi connectivity index (χ1v) is 9.13. The lowest BCUT2D eigenvalue weighted by Gasteiger charge is -2.06. The number of hydrogen-bond donors (Lipinski definition) is 2. The highest BCUT2D eigenvalue weighted by Crippen LogP contribution is 2.28. The molecule has 0 radical (unpaired) electrons. The number of fused-ring (bicyclic) bond motifs is 1. The lowest BCUT2D eigenvalue weighted by atomic mass is 10.1. The lowest BCUT2D eigenvalue weighted by molar-refractivity contribution is 0.602. The summed E-state index contributed by atoms with van der Waals surface area (Å²) in [6, 6.07) is 8.29. The second-order valence-corrected chi connectivity index (χ2v) is 7.64. The number of anilines is 1. The Morgan fingerprint density at radius 1 is 1.26 bits per heavy atom. The molecule has 2 heterocycles. The highest BCUT2D eigenvalue weighted by molar-refractivity contribution is 7.90. The van der Waals surface area contributed by atoms with E-state index in [1.165, 1.54) is 18.4 Å². The molecule has 0 amide bonds. The van der Waals surface area contributed by atoms with Crippen molar-refractivity contribution in [2.45, 2.75) is 0 Å². The highest BCUT2D eigenvalue weighted by atomic mass is 32.2. The molecule has 120 valence electrons. The molecule has 0 spiro atoms. The summed E-state index contributed by atoms with van der Waals surface area (Å²) in [7, 11) is -2.99. The Labute approximate surface area is 133 Å². The van der Waals surface area contributed by atoms with Crippen LogP contribution in [-0.2, 0) is 9.84 Å². The van der Waals surface area contributed by atoms with Gasteiger partial charge in [-0.2, -0.15) is 0 Å². The molecule has 2 aromatic heterocycles. The Morgan fingerprint density at radius 2 is 2.09 bits per heavy atom. The number of rotatable bonds is 5. The second-order valence-electron chi connectivity index (χ2n) is 5.38. The fraction of sp³-hybridized carbons (Fsp3) is 0.188. The van der Waals surface area contributed by atoms with Gasteiger partial charge in [0.15, 0.2) is 0 Å². The topological polar surface area (TPSA) is 74.8 Å². The minimum Gasteiger partial charge on any atom is -0.369 e. The van der Waals surface area contributed by atoms with Crippen molar-refractivity contribution >= 4 is 26.6 Å². The van der Waals surface area contributed by atoms with Gasteiger partial charge in [-0.1, -0.05) is 0 Å². The van der Waals surface area contributed by atoms with Crippen LogP contribution in [0.2, 0.25) is 0 Å². The third kappa shape index (κ3) is 3.68. The summed E-state index contributed by atoms with van der Waals surface area (Å²) in [5.74, 6) is 0.391. The van der Waals surface area contributed by atoms with Gasteiger partial charge in [0.05, 0.1) is 5.75 Å². The molecule has 0 saturated heterocycles. The number of hydrogen-bond acceptors (Lipinski definition) is 4. The average Bonchev–Trinajstić information content (AvgIpc) is 2.89. The van der Waals surface area contributed by atoms with Crippen molar-refractivity contribution in [2.24, 2.45) is 0 Å². The van der Waals surface area contributed by atoms with Gasteiger partial charge in [0.25, 0.3) is 0 Å². The monoisotopic (exact) mass is 333 g/mol. The molecule has 5 nitrogen and oxygen atoms in total. The maximum Gasteiger partial charge on any atom is 0.149 e. The van der Waals surface area contributed by atoms with Crippen LogP contribution in [0.15, 0.2) is 42.7 Å². The Kier molecular flexibility index (Phi) is 4.04. The fourth-order valence-electron chi connectivity index (χ4n) is 2.36. The summed E-state index contributed by atoms with van der Waals surface area (Å²) in [5, 5.41) is 3.89. The van der Waals surface area contributed by atoms with Crippen LogP contribution in [0.5, 0.6) is 0 Å².